The summed E-state index contributed by atoms with van der Waals surface area (Å²) >= 11 is 0. The van der Waals surface area contributed by atoms with E-state index in [0.29, 0.717) is 0 Å². The van der Waals surface area contributed by atoms with E-state index >= 15 is 0 Å². The van der Waals surface area contributed by atoms with Crippen LogP contribution in [0, 0.1) is 6.92 Å². The van der Waals surface area contributed by atoms with Gasteiger partial charge in [-0.25, -0.2) is 0 Å². The normalized spacial score (nSPS) is 19.0. The van der Waals surface area contributed by atoms with Gasteiger partial charge in [-0.15, -0.1) is 0 Å². The fraction of sp³-hybridized carbons (Fsp3) is 0.533. The Bertz CT molecular complexity index is 459. The lowest BCUT2D eigenvalue weighted by atomic mass is 10.2. The number of hydrogen-bond donors (Lipinski definition) is 1. The van der Waals surface area contributed by atoms with Crippen LogP contribution in [0.3, 0.4) is 0 Å². The highest BCUT2D eigenvalue weighted by Crippen LogP contribution is 2.27. The number of benzene rings is 1. The summed E-state index contributed by atoms with van der Waals surface area (Å²) < 4.78 is 5.25. The van der Waals surface area contributed by atoms with Gasteiger partial charge in [0.05, 0.1) is 13.2 Å². The molecule has 1 atom stereocenters. The van der Waals surface area contributed by atoms with E-state index in [2.05, 4.69) is 12.2 Å². The number of carbonyl (C=O) groups is 1. The van der Waals surface area contributed by atoms with Gasteiger partial charge in [-0.2, -0.15) is 0 Å². The molecule has 0 radical (unpaired) electrons. The lowest BCUT2D eigenvalue weighted by molar-refractivity contribution is -0.118. The molecule has 1 aliphatic rings. The second kappa shape index (κ2) is 6.06. The Balaban J connectivity index is 2.11. The largest absolute Gasteiger partial charge is 0.496 e. The molecule has 1 unspecified atom stereocenters. The fourth-order valence-corrected chi connectivity index (χ4v) is 2.47. The van der Waals surface area contributed by atoms with Crippen LogP contribution in [-0.4, -0.2) is 32.1 Å². The maximum atomic E-state index is 12.3. The molecule has 4 nitrogen and oxygen atoms in total. The topological polar surface area (TPSA) is 41.6 Å². The average Bonchev–Trinajstić information content (AvgIpc) is 2.77. The predicted molar refractivity (Wildman–Crippen MR) is 76.8 cm³/mol. The van der Waals surface area contributed by atoms with Gasteiger partial charge in [0.15, 0.2) is 0 Å². The standard InChI is InChI=1S/C15H22N2O2/c1-4-8-16-13-7-9-17(15(13)18)12-5-6-14(19-3)11(2)10-12/h5-6,10,13,16H,4,7-9H2,1-3H3. The van der Waals surface area contributed by atoms with Crippen molar-refractivity contribution >= 4 is 11.6 Å². The van der Waals surface area contributed by atoms with E-state index in [0.717, 1.165) is 42.9 Å². The Morgan fingerprint density at radius 2 is 2.26 bits per heavy atom. The first kappa shape index (κ1) is 13.9. The van der Waals surface area contributed by atoms with Crippen molar-refractivity contribution in [1.82, 2.24) is 5.32 Å². The minimum absolute atomic E-state index is 0.0256. The maximum absolute atomic E-state index is 12.3. The molecule has 0 bridgehead atoms. The second-order valence-electron chi connectivity index (χ2n) is 4.94. The van der Waals surface area contributed by atoms with E-state index in [1.165, 1.54) is 0 Å². The zero-order chi connectivity index (χ0) is 13.8. The molecule has 1 N–H and O–H groups in total. The van der Waals surface area contributed by atoms with E-state index < -0.39 is 0 Å². The third kappa shape index (κ3) is 2.89. The number of amides is 1. The minimum atomic E-state index is -0.0256. The van der Waals surface area contributed by atoms with Crippen molar-refractivity contribution in [2.75, 3.05) is 25.1 Å². The van der Waals surface area contributed by atoms with Crippen molar-refractivity contribution < 1.29 is 9.53 Å². The SMILES string of the molecule is CCCNC1CCN(c2ccc(OC)c(C)c2)C1=O. The first-order chi connectivity index (χ1) is 9.17. The van der Waals surface area contributed by atoms with Gasteiger partial charge in [0.25, 0.3) is 0 Å². The van der Waals surface area contributed by atoms with E-state index in [9.17, 15) is 4.79 Å². The van der Waals surface area contributed by atoms with Crippen LogP contribution in [0.4, 0.5) is 5.69 Å². The Kier molecular flexibility index (Phi) is 4.43. The molecule has 1 saturated heterocycles. The van der Waals surface area contributed by atoms with E-state index in [-0.39, 0.29) is 11.9 Å². The predicted octanol–water partition coefficient (Wildman–Crippen LogP) is 2.11. The number of nitrogens with zero attached hydrogens (tertiary/aromatic N) is 1. The maximum Gasteiger partial charge on any atom is 0.244 e. The molecule has 1 aromatic rings. The van der Waals surface area contributed by atoms with Crippen molar-refractivity contribution in [2.45, 2.75) is 32.7 Å². The zero-order valence-corrected chi connectivity index (χ0v) is 11.9. The van der Waals surface area contributed by atoms with Crippen molar-refractivity contribution in [3.8, 4) is 5.75 Å². The van der Waals surface area contributed by atoms with Gasteiger partial charge < -0.3 is 15.0 Å². The quantitative estimate of drug-likeness (QED) is 0.883. The summed E-state index contributed by atoms with van der Waals surface area (Å²) in [6.07, 6.45) is 1.93. The number of ether oxygens (including phenoxy) is 1. The number of methoxy groups -OCH3 is 1. The highest BCUT2D eigenvalue weighted by atomic mass is 16.5. The van der Waals surface area contributed by atoms with Crippen LogP contribution in [0.1, 0.15) is 25.3 Å². The van der Waals surface area contributed by atoms with Crippen LogP contribution in [0.5, 0.6) is 5.75 Å². The average molecular weight is 262 g/mol. The first-order valence-corrected chi connectivity index (χ1v) is 6.86. The van der Waals surface area contributed by atoms with Gasteiger partial charge in [-0.1, -0.05) is 6.92 Å². The number of rotatable bonds is 5. The number of hydrogen-bond acceptors (Lipinski definition) is 3. The molecule has 4 heteroatoms. The highest BCUT2D eigenvalue weighted by Gasteiger charge is 2.31. The summed E-state index contributed by atoms with van der Waals surface area (Å²) in [5.41, 5.74) is 2.02. The van der Waals surface area contributed by atoms with Crippen LogP contribution in [0.2, 0.25) is 0 Å². The highest BCUT2D eigenvalue weighted by molar-refractivity contribution is 5.99. The van der Waals surface area contributed by atoms with Gasteiger partial charge >= 0.3 is 0 Å². The van der Waals surface area contributed by atoms with Crippen LogP contribution in [-0.2, 0) is 4.79 Å². The Hall–Kier alpha value is -1.55. The molecule has 2 rings (SSSR count). The molecule has 0 saturated carbocycles. The smallest absolute Gasteiger partial charge is 0.244 e. The van der Waals surface area contributed by atoms with Crippen LogP contribution in [0.15, 0.2) is 18.2 Å². The summed E-state index contributed by atoms with van der Waals surface area (Å²) in [7, 11) is 1.66. The fourth-order valence-electron chi connectivity index (χ4n) is 2.47. The number of carbonyl (C=O) groups excluding carboxylic acids is 1. The summed E-state index contributed by atoms with van der Waals surface area (Å²) in [4.78, 5) is 14.2. The second-order valence-corrected chi connectivity index (χ2v) is 4.94. The number of nitrogens with one attached hydrogen (secondary N) is 1. The number of aryl methyl sites for hydroxylation is 1. The molecule has 19 heavy (non-hydrogen) atoms. The zero-order valence-electron chi connectivity index (χ0n) is 11.9. The van der Waals surface area contributed by atoms with Gasteiger partial charge in [0, 0.05) is 12.2 Å². The van der Waals surface area contributed by atoms with Crippen LogP contribution >= 0.6 is 0 Å². The molecule has 1 aliphatic heterocycles. The molecule has 1 aromatic carbocycles. The lowest BCUT2D eigenvalue weighted by Gasteiger charge is -2.18. The summed E-state index contributed by atoms with van der Waals surface area (Å²) in [5.74, 6) is 1.04. The summed E-state index contributed by atoms with van der Waals surface area (Å²) in [6.45, 7) is 5.78. The molecule has 1 fully saturated rings. The Morgan fingerprint density at radius 3 is 2.89 bits per heavy atom. The van der Waals surface area contributed by atoms with Gasteiger partial charge in [0.2, 0.25) is 5.91 Å². The minimum Gasteiger partial charge on any atom is -0.496 e. The lowest BCUT2D eigenvalue weighted by Crippen LogP contribution is -2.38. The molecule has 1 amide bonds. The Morgan fingerprint density at radius 1 is 1.47 bits per heavy atom. The number of anilines is 1. The molecular formula is C15H22N2O2. The monoisotopic (exact) mass is 262 g/mol. The van der Waals surface area contributed by atoms with E-state index in [1.807, 2.05) is 30.0 Å². The van der Waals surface area contributed by atoms with Crippen molar-refractivity contribution in [1.29, 1.82) is 0 Å². The third-order valence-corrected chi connectivity index (χ3v) is 3.54. The molecule has 0 aromatic heterocycles. The van der Waals surface area contributed by atoms with Crippen molar-refractivity contribution in [2.24, 2.45) is 0 Å². The van der Waals surface area contributed by atoms with Gasteiger partial charge in [-0.3, -0.25) is 4.79 Å². The van der Waals surface area contributed by atoms with Gasteiger partial charge in [-0.05, 0) is 50.1 Å². The third-order valence-electron chi connectivity index (χ3n) is 3.54. The first-order valence-electron chi connectivity index (χ1n) is 6.86. The van der Waals surface area contributed by atoms with E-state index in [1.54, 1.807) is 7.11 Å². The van der Waals surface area contributed by atoms with Crippen molar-refractivity contribution in [3.63, 3.8) is 0 Å². The van der Waals surface area contributed by atoms with Gasteiger partial charge in [0.1, 0.15) is 5.75 Å². The summed E-state index contributed by atoms with van der Waals surface area (Å²) in [5, 5.41) is 3.30. The molecule has 104 valence electrons. The van der Waals surface area contributed by atoms with Crippen LogP contribution in [0.25, 0.3) is 0 Å². The Labute approximate surface area is 114 Å². The van der Waals surface area contributed by atoms with Crippen molar-refractivity contribution in [3.05, 3.63) is 23.8 Å². The van der Waals surface area contributed by atoms with E-state index in [4.69, 9.17) is 4.74 Å². The summed E-state index contributed by atoms with van der Waals surface area (Å²) in [6, 6.07) is 5.86. The molecule has 0 spiro atoms. The molecular weight excluding hydrogens is 240 g/mol. The molecule has 0 aliphatic carbocycles. The van der Waals surface area contributed by atoms with Crippen LogP contribution < -0.4 is 15.0 Å². The molecule has 1 heterocycles.